The number of rotatable bonds is 3. The van der Waals surface area contributed by atoms with Gasteiger partial charge in [-0.3, -0.25) is 24.3 Å². The molecular weight excluding hydrogens is 450 g/mol. The summed E-state index contributed by atoms with van der Waals surface area (Å²) in [5, 5.41) is 11.6. The zero-order valence-electron chi connectivity index (χ0n) is 16.7. The van der Waals surface area contributed by atoms with E-state index in [4.69, 9.17) is 11.6 Å². The van der Waals surface area contributed by atoms with Gasteiger partial charge in [-0.2, -0.15) is 0 Å². The fourth-order valence-electron chi connectivity index (χ4n) is 4.18. The number of nitro benzene ring substituents is 1. The molecule has 1 atom stereocenters. The maximum Gasteiger partial charge on any atom is 0.271 e. The van der Waals surface area contributed by atoms with Crippen molar-refractivity contribution in [2.24, 2.45) is 4.99 Å². The number of hydrogen-bond donors (Lipinski definition) is 0. The summed E-state index contributed by atoms with van der Waals surface area (Å²) >= 11 is 7.69. The van der Waals surface area contributed by atoms with Gasteiger partial charge in [0.2, 0.25) is 0 Å². The highest BCUT2D eigenvalue weighted by Gasteiger charge is 2.35. The van der Waals surface area contributed by atoms with E-state index in [-0.39, 0.29) is 17.0 Å². The Morgan fingerprint density at radius 2 is 1.97 bits per heavy atom. The van der Waals surface area contributed by atoms with Gasteiger partial charge in [-0.1, -0.05) is 53.3 Å². The molecule has 5 rings (SSSR count). The maximum atomic E-state index is 13.5. The molecule has 0 saturated heterocycles. The van der Waals surface area contributed by atoms with Gasteiger partial charge in [-0.15, -0.1) is 0 Å². The van der Waals surface area contributed by atoms with E-state index in [9.17, 15) is 19.7 Å². The minimum Gasteiger partial charge on any atom is -0.294 e. The SMILES string of the molecule is O=C1CCCC2=C1C(c1ccccc1Cl)n1c(sc(=Cc3cccc([N+](=O)[O-])c3)c1=O)=N2. The number of ketones is 1. The van der Waals surface area contributed by atoms with Crippen molar-refractivity contribution in [1.82, 2.24) is 4.57 Å². The number of halogens is 1. The Morgan fingerprint density at radius 1 is 1.16 bits per heavy atom. The monoisotopic (exact) mass is 465 g/mol. The van der Waals surface area contributed by atoms with Gasteiger partial charge in [0.25, 0.3) is 11.2 Å². The summed E-state index contributed by atoms with van der Waals surface area (Å²) in [5.74, 6) is -0.0205. The third-order valence-corrected chi connectivity index (χ3v) is 6.93. The lowest BCUT2D eigenvalue weighted by Crippen LogP contribution is -2.40. The van der Waals surface area contributed by atoms with E-state index in [1.54, 1.807) is 30.3 Å². The van der Waals surface area contributed by atoms with Crippen LogP contribution in [0.2, 0.25) is 5.02 Å². The number of nitrogens with zero attached hydrogens (tertiary/aromatic N) is 3. The molecule has 0 saturated carbocycles. The molecule has 0 radical (unpaired) electrons. The average Bonchev–Trinajstić information content (AvgIpc) is 3.08. The van der Waals surface area contributed by atoms with Crippen molar-refractivity contribution in [2.45, 2.75) is 25.3 Å². The first-order chi connectivity index (χ1) is 15.4. The van der Waals surface area contributed by atoms with Gasteiger partial charge in [-0.05, 0) is 36.1 Å². The number of Topliss-reactive ketones (excluding diaryl/α,β-unsaturated/α-hetero) is 1. The van der Waals surface area contributed by atoms with Crippen LogP contribution in [-0.4, -0.2) is 15.3 Å². The number of hydrogen-bond acceptors (Lipinski definition) is 6. The molecule has 0 spiro atoms. The Labute approximate surface area is 190 Å². The standard InChI is InChI=1S/C23H16ClN3O4S/c24-16-8-2-1-7-15(16)21-20-17(9-4-10-18(20)28)25-23-26(21)22(29)19(32-23)12-13-5-3-6-14(11-13)27(30)31/h1-3,5-8,11-12,21H,4,9-10H2. The number of allylic oxidation sites excluding steroid dienone is 2. The average molecular weight is 466 g/mol. The van der Waals surface area contributed by atoms with Crippen molar-refractivity contribution >= 4 is 40.5 Å². The number of benzene rings is 2. The number of carbonyl (C=O) groups is 1. The number of non-ortho nitro benzene ring substituents is 1. The normalized spacial score (nSPS) is 18.2. The lowest BCUT2D eigenvalue weighted by molar-refractivity contribution is -0.384. The molecule has 1 aliphatic heterocycles. The summed E-state index contributed by atoms with van der Waals surface area (Å²) in [5.41, 5.74) is 2.08. The molecule has 7 nitrogen and oxygen atoms in total. The first-order valence-electron chi connectivity index (χ1n) is 10.0. The van der Waals surface area contributed by atoms with Gasteiger partial charge in [0, 0.05) is 29.1 Å². The zero-order valence-corrected chi connectivity index (χ0v) is 18.2. The summed E-state index contributed by atoms with van der Waals surface area (Å²) in [4.78, 5) is 42.2. The summed E-state index contributed by atoms with van der Waals surface area (Å²) in [7, 11) is 0. The van der Waals surface area contributed by atoms with E-state index in [0.29, 0.717) is 49.6 Å². The van der Waals surface area contributed by atoms with Crippen LogP contribution in [-0.2, 0) is 4.79 Å². The van der Waals surface area contributed by atoms with Crippen LogP contribution in [0.4, 0.5) is 5.69 Å². The molecule has 3 aromatic rings. The fourth-order valence-corrected chi connectivity index (χ4v) is 5.44. The van der Waals surface area contributed by atoms with Crippen LogP contribution in [0, 0.1) is 10.1 Å². The van der Waals surface area contributed by atoms with E-state index >= 15 is 0 Å². The van der Waals surface area contributed by atoms with Gasteiger partial charge >= 0.3 is 0 Å². The van der Waals surface area contributed by atoms with Crippen LogP contribution in [0.25, 0.3) is 6.08 Å². The number of fused-ring (bicyclic) bond motifs is 1. The zero-order chi connectivity index (χ0) is 22.4. The third-order valence-electron chi connectivity index (χ3n) is 5.61. The smallest absolute Gasteiger partial charge is 0.271 e. The molecule has 0 bridgehead atoms. The minimum absolute atomic E-state index is 0.0205. The van der Waals surface area contributed by atoms with E-state index in [1.807, 2.05) is 12.1 Å². The molecule has 0 fully saturated rings. The highest BCUT2D eigenvalue weighted by Crippen LogP contribution is 2.38. The number of thiazole rings is 1. The topological polar surface area (TPSA) is 94.6 Å². The van der Waals surface area contributed by atoms with E-state index in [2.05, 4.69) is 4.99 Å². The Kier molecular flexibility index (Phi) is 5.11. The van der Waals surface area contributed by atoms with E-state index < -0.39 is 11.0 Å². The molecule has 2 aliphatic rings. The molecule has 0 amide bonds. The van der Waals surface area contributed by atoms with Crippen LogP contribution in [0.1, 0.15) is 36.4 Å². The van der Waals surface area contributed by atoms with Gasteiger partial charge < -0.3 is 0 Å². The fraction of sp³-hybridized carbons (Fsp3) is 0.174. The minimum atomic E-state index is -0.644. The predicted octanol–water partition coefficient (Wildman–Crippen LogP) is 3.53. The van der Waals surface area contributed by atoms with Crippen molar-refractivity contribution < 1.29 is 9.72 Å². The highest BCUT2D eigenvalue weighted by molar-refractivity contribution is 7.07. The molecule has 1 aromatic heterocycles. The van der Waals surface area contributed by atoms with Crippen molar-refractivity contribution in [3.63, 3.8) is 0 Å². The molecule has 1 unspecified atom stereocenters. The summed E-state index contributed by atoms with van der Waals surface area (Å²) in [6.07, 6.45) is 3.41. The van der Waals surface area contributed by atoms with Gasteiger partial charge in [0.1, 0.15) is 0 Å². The Hall–Kier alpha value is -3.36. The summed E-state index contributed by atoms with van der Waals surface area (Å²) in [6.45, 7) is 0. The van der Waals surface area contributed by atoms with Crippen LogP contribution >= 0.6 is 22.9 Å². The largest absolute Gasteiger partial charge is 0.294 e. The molecule has 32 heavy (non-hydrogen) atoms. The Balaban J connectivity index is 1.76. The number of carbonyl (C=O) groups excluding carboxylic acids is 1. The summed E-state index contributed by atoms with van der Waals surface area (Å²) < 4.78 is 1.91. The van der Waals surface area contributed by atoms with Crippen LogP contribution in [0.5, 0.6) is 0 Å². The first-order valence-corrected chi connectivity index (χ1v) is 11.2. The Bertz CT molecular complexity index is 1500. The summed E-state index contributed by atoms with van der Waals surface area (Å²) in [6, 6.07) is 12.6. The third kappa shape index (κ3) is 3.41. The van der Waals surface area contributed by atoms with Crippen molar-refractivity contribution in [2.75, 3.05) is 0 Å². The second kappa shape index (κ2) is 7.96. The van der Waals surface area contributed by atoms with Crippen LogP contribution < -0.4 is 14.9 Å². The number of aromatic nitrogens is 1. The van der Waals surface area contributed by atoms with Crippen LogP contribution in [0.15, 0.2) is 69.6 Å². The first kappa shape index (κ1) is 20.5. The van der Waals surface area contributed by atoms with Gasteiger partial charge in [-0.25, -0.2) is 4.99 Å². The van der Waals surface area contributed by atoms with Crippen molar-refractivity contribution in [3.05, 3.63) is 106 Å². The number of nitro groups is 1. The lowest BCUT2D eigenvalue weighted by atomic mass is 9.86. The molecular formula is C23H16ClN3O4S. The maximum absolute atomic E-state index is 13.5. The molecule has 0 N–H and O–H groups in total. The second-order valence-corrected chi connectivity index (χ2v) is 9.01. The molecule has 9 heteroatoms. The molecule has 2 heterocycles. The van der Waals surface area contributed by atoms with Crippen molar-refractivity contribution in [1.29, 1.82) is 0 Å². The lowest BCUT2D eigenvalue weighted by Gasteiger charge is -2.29. The predicted molar refractivity (Wildman–Crippen MR) is 121 cm³/mol. The molecule has 1 aliphatic carbocycles. The quantitative estimate of drug-likeness (QED) is 0.436. The van der Waals surface area contributed by atoms with Gasteiger partial charge in [0.15, 0.2) is 10.6 Å². The van der Waals surface area contributed by atoms with Gasteiger partial charge in [0.05, 0.1) is 21.2 Å². The second-order valence-electron chi connectivity index (χ2n) is 7.59. The molecule has 160 valence electrons. The van der Waals surface area contributed by atoms with E-state index in [0.717, 1.165) is 6.42 Å². The molecule has 2 aromatic carbocycles. The van der Waals surface area contributed by atoms with Crippen LogP contribution in [0.3, 0.4) is 0 Å². The van der Waals surface area contributed by atoms with E-state index in [1.165, 1.54) is 28.0 Å². The highest BCUT2D eigenvalue weighted by atomic mass is 35.5. The van der Waals surface area contributed by atoms with Crippen molar-refractivity contribution in [3.8, 4) is 0 Å². The Morgan fingerprint density at radius 3 is 2.75 bits per heavy atom.